The van der Waals surface area contributed by atoms with Gasteiger partial charge in [-0.05, 0) is 123 Å². The lowest BCUT2D eigenvalue weighted by molar-refractivity contribution is -0.120. The number of hydrogen-bond acceptors (Lipinski definition) is 8. The average Bonchev–Trinajstić information content (AvgIpc) is 3.96. The number of carbonyl (C=O) groups excluding carboxylic acids is 3. The number of aromatic amines is 1. The molecule has 13 heteroatoms. The van der Waals surface area contributed by atoms with E-state index in [1.54, 1.807) is 17.3 Å². The number of piperidine rings is 1. The van der Waals surface area contributed by atoms with E-state index in [0.29, 0.717) is 31.0 Å². The molecule has 2 aromatic heterocycles. The highest BCUT2D eigenvalue weighted by Gasteiger charge is 2.27. The SMILES string of the molecule is Cc1cc(-c2n[nH]c3ccc(-c4ccc(N5CCN(CC6CCN(c7ccc(N8CCC(=O)NC8=O)cc7)CC6)CC5)cc4)cc23)ccc1CNC(=O)c1cnn(C(C)(C)C)c1. The Bertz CT molecular complexity index is 2570. The van der Waals surface area contributed by atoms with Crippen molar-refractivity contribution in [3.63, 3.8) is 0 Å². The fraction of sp³-hybridized carbons (Fsp3) is 0.367. The number of anilines is 3. The van der Waals surface area contributed by atoms with Crippen molar-refractivity contribution in [2.75, 3.05) is 67.1 Å². The predicted octanol–water partition coefficient (Wildman–Crippen LogP) is 7.57. The number of aromatic nitrogens is 4. The second-order valence-electron chi connectivity index (χ2n) is 18.0. The number of hydrogen-bond donors (Lipinski definition) is 3. The summed E-state index contributed by atoms with van der Waals surface area (Å²) in [6.07, 6.45) is 6.09. The maximum absolute atomic E-state index is 12.9. The van der Waals surface area contributed by atoms with Gasteiger partial charge in [-0.3, -0.25) is 34.5 Å². The Kier molecular flexibility index (Phi) is 11.3. The van der Waals surface area contributed by atoms with E-state index in [9.17, 15) is 14.4 Å². The third-order valence-corrected chi connectivity index (χ3v) is 12.8. The first-order chi connectivity index (χ1) is 29.9. The van der Waals surface area contributed by atoms with Crippen molar-refractivity contribution in [1.82, 2.24) is 35.5 Å². The molecule has 4 amide bonds. The van der Waals surface area contributed by atoms with E-state index >= 15 is 0 Å². The molecule has 3 aliphatic rings. The van der Waals surface area contributed by atoms with E-state index in [2.05, 4.69) is 136 Å². The highest BCUT2D eigenvalue weighted by atomic mass is 16.2. The maximum atomic E-state index is 12.9. The number of piperazine rings is 1. The van der Waals surface area contributed by atoms with Crippen molar-refractivity contribution < 1.29 is 14.4 Å². The predicted molar refractivity (Wildman–Crippen MR) is 246 cm³/mol. The number of H-pyrrole nitrogens is 1. The smallest absolute Gasteiger partial charge is 0.328 e. The minimum absolute atomic E-state index is 0.139. The van der Waals surface area contributed by atoms with Crippen molar-refractivity contribution >= 4 is 45.8 Å². The molecule has 5 heterocycles. The Balaban J connectivity index is 0.759. The Morgan fingerprint density at radius 2 is 1.44 bits per heavy atom. The molecule has 13 nitrogen and oxygen atoms in total. The van der Waals surface area contributed by atoms with Gasteiger partial charge < -0.3 is 15.1 Å². The quantitative estimate of drug-likeness (QED) is 0.129. The number of benzene rings is 4. The molecule has 3 N–H and O–H groups in total. The molecule has 3 aliphatic heterocycles. The summed E-state index contributed by atoms with van der Waals surface area (Å²) in [4.78, 5) is 45.9. The van der Waals surface area contributed by atoms with Crippen LogP contribution in [0.2, 0.25) is 0 Å². The van der Waals surface area contributed by atoms with Crippen molar-refractivity contribution in [3.05, 3.63) is 114 Å². The van der Waals surface area contributed by atoms with Gasteiger partial charge in [0, 0.05) is 99.5 Å². The number of imide groups is 1. The maximum Gasteiger partial charge on any atom is 0.328 e. The lowest BCUT2D eigenvalue weighted by Crippen LogP contribution is -2.49. The number of nitrogens with zero attached hydrogens (tertiary/aromatic N) is 7. The molecule has 0 saturated carbocycles. The second-order valence-corrected chi connectivity index (χ2v) is 18.0. The molecule has 4 aromatic carbocycles. The number of amides is 4. The van der Waals surface area contributed by atoms with Gasteiger partial charge in [-0.15, -0.1) is 0 Å². The summed E-state index contributed by atoms with van der Waals surface area (Å²) in [5.74, 6) is 0.340. The summed E-state index contributed by atoms with van der Waals surface area (Å²) in [5.41, 5.74) is 11.0. The Morgan fingerprint density at radius 1 is 0.774 bits per heavy atom. The molecule has 9 rings (SSSR count). The largest absolute Gasteiger partial charge is 0.372 e. The third-order valence-electron chi connectivity index (χ3n) is 12.8. The molecule has 0 aliphatic carbocycles. The summed E-state index contributed by atoms with van der Waals surface area (Å²) in [7, 11) is 0. The summed E-state index contributed by atoms with van der Waals surface area (Å²) in [6, 6.07) is 29.6. The monoisotopic (exact) mass is 832 g/mol. The van der Waals surface area contributed by atoms with Crippen LogP contribution in [0, 0.1) is 12.8 Å². The van der Waals surface area contributed by atoms with Crippen molar-refractivity contribution in [2.45, 2.75) is 59.0 Å². The highest BCUT2D eigenvalue weighted by molar-refractivity contribution is 6.05. The van der Waals surface area contributed by atoms with Gasteiger partial charge in [0.1, 0.15) is 0 Å². The Morgan fingerprint density at radius 3 is 2.11 bits per heavy atom. The van der Waals surface area contributed by atoms with Gasteiger partial charge in [0.15, 0.2) is 0 Å². The zero-order chi connectivity index (χ0) is 43.0. The molecule has 6 aromatic rings. The third kappa shape index (κ3) is 8.80. The van der Waals surface area contributed by atoms with E-state index < -0.39 is 0 Å². The van der Waals surface area contributed by atoms with Crippen LogP contribution in [0.25, 0.3) is 33.3 Å². The molecule has 320 valence electrons. The first-order valence-electron chi connectivity index (χ1n) is 21.9. The van der Waals surface area contributed by atoms with Crippen LogP contribution in [0.15, 0.2) is 97.3 Å². The van der Waals surface area contributed by atoms with Crippen LogP contribution in [0.3, 0.4) is 0 Å². The molecule has 3 saturated heterocycles. The zero-order valence-corrected chi connectivity index (χ0v) is 36.2. The van der Waals surface area contributed by atoms with Gasteiger partial charge in [0.05, 0.1) is 28.5 Å². The van der Waals surface area contributed by atoms with E-state index in [1.807, 2.05) is 16.8 Å². The van der Waals surface area contributed by atoms with Crippen LogP contribution < -0.4 is 25.3 Å². The summed E-state index contributed by atoms with van der Waals surface area (Å²) in [6.45, 7) is 16.5. The topological polar surface area (TPSA) is 135 Å². The second kappa shape index (κ2) is 17.1. The fourth-order valence-electron chi connectivity index (χ4n) is 8.99. The molecule has 0 spiro atoms. The lowest BCUT2D eigenvalue weighted by atomic mass is 9.95. The number of nitrogens with one attached hydrogen (secondary N) is 3. The number of fused-ring (bicyclic) bond motifs is 1. The van der Waals surface area contributed by atoms with Gasteiger partial charge in [-0.2, -0.15) is 10.2 Å². The number of rotatable bonds is 10. The van der Waals surface area contributed by atoms with Crippen molar-refractivity contribution in [1.29, 1.82) is 0 Å². The first kappa shape index (κ1) is 40.9. The van der Waals surface area contributed by atoms with Crippen LogP contribution in [-0.4, -0.2) is 95.1 Å². The Labute approximate surface area is 363 Å². The van der Waals surface area contributed by atoms with Gasteiger partial charge >= 0.3 is 6.03 Å². The normalized spacial score (nSPS) is 16.9. The minimum Gasteiger partial charge on any atom is -0.372 e. The average molecular weight is 833 g/mol. The molecule has 3 fully saturated rings. The van der Waals surface area contributed by atoms with Crippen LogP contribution in [0.4, 0.5) is 21.9 Å². The number of carbonyl (C=O) groups is 3. The minimum atomic E-state index is -0.345. The summed E-state index contributed by atoms with van der Waals surface area (Å²) < 4.78 is 1.81. The lowest BCUT2D eigenvalue weighted by Gasteiger charge is -2.40. The van der Waals surface area contributed by atoms with E-state index in [4.69, 9.17) is 5.10 Å². The number of urea groups is 1. The molecule has 0 bridgehead atoms. The van der Waals surface area contributed by atoms with Gasteiger partial charge in [-0.1, -0.05) is 30.3 Å². The zero-order valence-electron chi connectivity index (χ0n) is 36.2. The van der Waals surface area contributed by atoms with Crippen molar-refractivity contribution in [3.8, 4) is 22.4 Å². The van der Waals surface area contributed by atoms with Crippen LogP contribution in [-0.2, 0) is 16.9 Å². The molecular formula is C49H56N10O3. The molecule has 0 unspecified atom stereocenters. The van der Waals surface area contributed by atoms with E-state index in [-0.39, 0.29) is 23.4 Å². The van der Waals surface area contributed by atoms with E-state index in [0.717, 1.165) is 90.4 Å². The van der Waals surface area contributed by atoms with Crippen LogP contribution >= 0.6 is 0 Å². The van der Waals surface area contributed by atoms with Gasteiger partial charge in [0.25, 0.3) is 5.91 Å². The molecular weight excluding hydrogens is 777 g/mol. The van der Waals surface area contributed by atoms with Crippen LogP contribution in [0.1, 0.15) is 61.5 Å². The standard InChI is InChI=1S/C49H56N10O3/c1-33-27-37(5-6-38(33)29-50-47(61)39-30-51-59(32-39)49(2,3)4)46-43-28-36(9-16-44(43)53-54-46)35-7-10-40(11-8-35)57-25-23-55(24-26-57)31-34-17-20-56(21-18-34)41-12-14-42(15-13-41)58-22-19-45(60)52-48(58)62/h5-16,27-28,30,32,34H,17-26,29,31H2,1-4H3,(H,50,61)(H,53,54)(H,52,60,62). The molecule has 62 heavy (non-hydrogen) atoms. The van der Waals surface area contributed by atoms with E-state index in [1.165, 1.54) is 29.8 Å². The fourth-order valence-corrected chi connectivity index (χ4v) is 8.99. The van der Waals surface area contributed by atoms with Gasteiger partial charge in [-0.25, -0.2) is 4.79 Å². The van der Waals surface area contributed by atoms with Gasteiger partial charge in [0.2, 0.25) is 5.91 Å². The first-order valence-corrected chi connectivity index (χ1v) is 21.9. The van der Waals surface area contributed by atoms with Crippen LogP contribution in [0.5, 0.6) is 0 Å². The molecule has 0 radical (unpaired) electrons. The Hall–Kier alpha value is -6.47. The van der Waals surface area contributed by atoms with Crippen molar-refractivity contribution in [2.24, 2.45) is 5.92 Å². The summed E-state index contributed by atoms with van der Waals surface area (Å²) in [5, 5.41) is 18.8. The molecule has 0 atom stereocenters. The summed E-state index contributed by atoms with van der Waals surface area (Å²) >= 11 is 0. The number of aryl methyl sites for hydroxylation is 1. The highest BCUT2D eigenvalue weighted by Crippen LogP contribution is 2.33.